The van der Waals surface area contributed by atoms with E-state index in [1.807, 2.05) is 34.6 Å². The minimum absolute atomic E-state index is 0.0198. The summed E-state index contributed by atoms with van der Waals surface area (Å²) < 4.78 is 3.11. The second-order valence-electron chi connectivity index (χ2n) is 9.59. The van der Waals surface area contributed by atoms with Crippen LogP contribution in [0.1, 0.15) is 77.8 Å². The monoisotopic (exact) mass is 432 g/mol. The lowest BCUT2D eigenvalue weighted by Gasteiger charge is -2.15. The highest BCUT2D eigenvalue weighted by atomic mass is 32.1. The molecule has 0 fully saturated rings. The molecule has 0 saturated carbocycles. The molecule has 0 aliphatic rings. The quantitative estimate of drug-likeness (QED) is 0.588. The van der Waals surface area contributed by atoms with E-state index in [9.17, 15) is 9.90 Å². The maximum absolute atomic E-state index is 11.5. The number of nitrogens with zero attached hydrogens (tertiary/aromatic N) is 8. The van der Waals surface area contributed by atoms with Gasteiger partial charge in [-0.15, -0.1) is 30.2 Å². The molecule has 0 aliphatic carbocycles. The van der Waals surface area contributed by atoms with Crippen LogP contribution in [-0.2, 0) is 22.2 Å². The second-order valence-corrected chi connectivity index (χ2v) is 10.5. The van der Waals surface area contributed by atoms with Crippen LogP contribution in [0, 0.1) is 0 Å². The van der Waals surface area contributed by atoms with Crippen molar-refractivity contribution >= 4 is 33.8 Å². The maximum Gasteiger partial charge on any atom is 0.323 e. The van der Waals surface area contributed by atoms with E-state index in [1.165, 1.54) is 16.0 Å². The number of aliphatic carboxylic acids is 1. The fourth-order valence-corrected chi connectivity index (χ4v) is 3.65. The molecule has 0 atom stereocenters. The standard InChI is InChI=1S/C19H28N8O2S/c1-10(2)14-25-27-15(26(14)9-11(28)29)12(13(24-27)18(3,4)5)20-22-17-23-21-16(30-17)19(6,7)8/h10H,9H2,1-8H3,(H,28,29). The zero-order chi connectivity index (χ0) is 22.4. The summed E-state index contributed by atoms with van der Waals surface area (Å²) in [4.78, 5) is 11.5. The smallest absolute Gasteiger partial charge is 0.323 e. The Hall–Kier alpha value is -2.69. The number of azo groups is 1. The molecule has 0 saturated heterocycles. The van der Waals surface area contributed by atoms with Crippen molar-refractivity contribution in [3.05, 3.63) is 16.5 Å². The number of carbonyl (C=O) groups is 1. The normalized spacial score (nSPS) is 13.2. The van der Waals surface area contributed by atoms with Gasteiger partial charge in [0.05, 0.1) is 5.69 Å². The van der Waals surface area contributed by atoms with Crippen LogP contribution in [0.3, 0.4) is 0 Å². The van der Waals surface area contributed by atoms with Crippen molar-refractivity contribution in [2.75, 3.05) is 0 Å². The molecule has 0 aliphatic heterocycles. The number of hydrogen-bond donors (Lipinski definition) is 1. The zero-order valence-electron chi connectivity index (χ0n) is 18.6. The SMILES string of the molecule is CC(C)c1nn2nc(C(C)(C)C)c(N=Nc3nnc(C(C)(C)C)s3)c2n1CC(=O)O. The average Bonchev–Trinajstić information content (AvgIpc) is 3.26. The van der Waals surface area contributed by atoms with E-state index in [0.29, 0.717) is 28.0 Å². The molecule has 3 rings (SSSR count). The third kappa shape index (κ3) is 4.25. The van der Waals surface area contributed by atoms with Gasteiger partial charge in [0.1, 0.15) is 17.4 Å². The van der Waals surface area contributed by atoms with Gasteiger partial charge >= 0.3 is 5.97 Å². The van der Waals surface area contributed by atoms with Crippen molar-refractivity contribution in [3.63, 3.8) is 0 Å². The molecule has 1 N–H and O–H groups in total. The van der Waals surface area contributed by atoms with Gasteiger partial charge in [0.2, 0.25) is 0 Å². The van der Waals surface area contributed by atoms with E-state index in [4.69, 9.17) is 0 Å². The van der Waals surface area contributed by atoms with E-state index >= 15 is 0 Å². The third-order valence-electron chi connectivity index (χ3n) is 4.36. The van der Waals surface area contributed by atoms with Crippen LogP contribution in [0.2, 0.25) is 0 Å². The molecule has 0 unspecified atom stereocenters. The first-order chi connectivity index (χ1) is 13.8. The Morgan fingerprint density at radius 3 is 2.23 bits per heavy atom. The Kier molecular flexibility index (Phi) is 5.52. The Labute approximate surface area is 179 Å². The Bertz CT molecular complexity index is 1110. The molecule has 30 heavy (non-hydrogen) atoms. The number of carboxylic acid groups (broad SMARTS) is 1. The number of hydrogen-bond acceptors (Lipinski definition) is 8. The highest BCUT2D eigenvalue weighted by Gasteiger charge is 2.30. The van der Waals surface area contributed by atoms with Crippen LogP contribution in [0.15, 0.2) is 10.2 Å². The fraction of sp³-hybridized carbons (Fsp3) is 0.632. The lowest BCUT2D eigenvalue weighted by Crippen LogP contribution is -2.14. The molecular weight excluding hydrogens is 404 g/mol. The summed E-state index contributed by atoms with van der Waals surface area (Å²) in [5, 5.41) is 37.0. The summed E-state index contributed by atoms with van der Waals surface area (Å²) in [6, 6.07) is 0. The molecule has 3 aromatic heterocycles. The van der Waals surface area contributed by atoms with E-state index < -0.39 is 5.97 Å². The highest BCUT2D eigenvalue weighted by Crippen LogP contribution is 2.37. The molecule has 3 aromatic rings. The summed E-state index contributed by atoms with van der Waals surface area (Å²) in [7, 11) is 0. The van der Waals surface area contributed by atoms with Crippen LogP contribution < -0.4 is 0 Å². The molecule has 0 aromatic carbocycles. The van der Waals surface area contributed by atoms with Gasteiger partial charge in [0.15, 0.2) is 11.3 Å². The lowest BCUT2D eigenvalue weighted by molar-refractivity contribution is -0.137. The second kappa shape index (κ2) is 7.53. The van der Waals surface area contributed by atoms with E-state index in [-0.39, 0.29) is 23.3 Å². The predicted molar refractivity (Wildman–Crippen MR) is 114 cm³/mol. The summed E-state index contributed by atoms with van der Waals surface area (Å²) >= 11 is 1.38. The summed E-state index contributed by atoms with van der Waals surface area (Å²) in [6.45, 7) is 15.9. The Balaban J connectivity index is 2.19. The summed E-state index contributed by atoms with van der Waals surface area (Å²) in [5.41, 5.74) is 1.22. The molecule has 3 heterocycles. The number of carboxylic acids is 1. The van der Waals surface area contributed by atoms with Gasteiger partial charge in [-0.3, -0.25) is 9.36 Å². The number of rotatable bonds is 5. The van der Waals surface area contributed by atoms with E-state index in [1.54, 1.807) is 4.57 Å². The van der Waals surface area contributed by atoms with Crippen LogP contribution in [0.4, 0.5) is 10.8 Å². The third-order valence-corrected chi connectivity index (χ3v) is 5.59. The average molecular weight is 433 g/mol. The first-order valence-corrected chi connectivity index (χ1v) is 10.6. The van der Waals surface area contributed by atoms with Crippen molar-refractivity contribution in [1.82, 2.24) is 29.6 Å². The minimum atomic E-state index is -0.961. The van der Waals surface area contributed by atoms with Crippen LogP contribution in [-0.4, -0.2) is 40.7 Å². The lowest BCUT2D eigenvalue weighted by atomic mass is 9.91. The summed E-state index contributed by atoms with van der Waals surface area (Å²) in [6.07, 6.45) is 0. The van der Waals surface area contributed by atoms with Gasteiger partial charge in [-0.2, -0.15) is 5.10 Å². The Morgan fingerprint density at radius 1 is 1.07 bits per heavy atom. The van der Waals surface area contributed by atoms with Gasteiger partial charge < -0.3 is 5.11 Å². The van der Waals surface area contributed by atoms with Crippen molar-refractivity contribution in [3.8, 4) is 0 Å². The van der Waals surface area contributed by atoms with Gasteiger partial charge in [-0.05, 0) is 0 Å². The fourth-order valence-electron chi connectivity index (χ4n) is 2.92. The van der Waals surface area contributed by atoms with E-state index in [0.717, 1.165) is 5.01 Å². The van der Waals surface area contributed by atoms with Crippen LogP contribution in [0.5, 0.6) is 0 Å². The van der Waals surface area contributed by atoms with E-state index in [2.05, 4.69) is 51.4 Å². The van der Waals surface area contributed by atoms with Crippen molar-refractivity contribution in [1.29, 1.82) is 0 Å². The van der Waals surface area contributed by atoms with Gasteiger partial charge in [0, 0.05) is 16.7 Å². The van der Waals surface area contributed by atoms with Crippen molar-refractivity contribution in [2.24, 2.45) is 10.2 Å². The van der Waals surface area contributed by atoms with Gasteiger partial charge in [0.25, 0.3) is 5.13 Å². The van der Waals surface area contributed by atoms with Gasteiger partial charge in [-0.1, -0.05) is 66.7 Å². The molecule has 162 valence electrons. The van der Waals surface area contributed by atoms with Crippen LogP contribution >= 0.6 is 11.3 Å². The molecule has 0 amide bonds. The Morgan fingerprint density at radius 2 is 1.73 bits per heavy atom. The molecule has 0 radical (unpaired) electrons. The minimum Gasteiger partial charge on any atom is -0.480 e. The van der Waals surface area contributed by atoms with Crippen molar-refractivity contribution < 1.29 is 9.90 Å². The van der Waals surface area contributed by atoms with Crippen LogP contribution in [0.25, 0.3) is 5.65 Å². The molecule has 11 heteroatoms. The first-order valence-electron chi connectivity index (χ1n) is 9.76. The predicted octanol–water partition coefficient (Wildman–Crippen LogP) is 4.60. The topological polar surface area (TPSA) is 123 Å². The highest BCUT2D eigenvalue weighted by molar-refractivity contribution is 7.15. The van der Waals surface area contributed by atoms with Gasteiger partial charge in [-0.25, -0.2) is 0 Å². The molecule has 0 bridgehead atoms. The maximum atomic E-state index is 11.5. The first kappa shape index (κ1) is 22.0. The largest absolute Gasteiger partial charge is 0.480 e. The molecular formula is C19H28N8O2S. The molecule has 10 nitrogen and oxygen atoms in total. The number of aromatic nitrogens is 6. The van der Waals surface area contributed by atoms with Crippen molar-refractivity contribution in [2.45, 2.75) is 78.7 Å². The summed E-state index contributed by atoms with van der Waals surface area (Å²) in [5.74, 6) is -0.314. The number of fused-ring (bicyclic) bond motifs is 1. The zero-order valence-corrected chi connectivity index (χ0v) is 19.4. The molecule has 0 spiro atoms.